The molecular weight excluding hydrogens is 435 g/mol. The van der Waals surface area contributed by atoms with Crippen molar-refractivity contribution in [2.45, 2.75) is 6.92 Å². The Morgan fingerprint density at radius 1 is 0.903 bits per heavy atom. The number of benzene rings is 3. The maximum Gasteiger partial charge on any atom is 0.282 e. The van der Waals surface area contributed by atoms with Crippen molar-refractivity contribution in [3.8, 4) is 5.75 Å². The lowest BCUT2D eigenvalue weighted by molar-refractivity contribution is -0.120. The second kappa shape index (κ2) is 8.46. The second-order valence-electron chi connectivity index (χ2n) is 6.96. The Labute approximate surface area is 189 Å². The van der Waals surface area contributed by atoms with Crippen LogP contribution in [0.2, 0.25) is 10.0 Å². The van der Waals surface area contributed by atoms with Gasteiger partial charge in [0.2, 0.25) is 0 Å². The maximum absolute atomic E-state index is 13.4. The minimum atomic E-state index is -0.482. The van der Waals surface area contributed by atoms with Gasteiger partial charge in [-0.05, 0) is 48.4 Å². The van der Waals surface area contributed by atoms with Crippen LogP contribution in [-0.4, -0.2) is 18.9 Å². The van der Waals surface area contributed by atoms with Gasteiger partial charge in [0.15, 0.2) is 0 Å². The first-order valence-electron chi connectivity index (χ1n) is 9.46. The monoisotopic (exact) mass is 452 g/mol. The van der Waals surface area contributed by atoms with Crippen LogP contribution in [0.25, 0.3) is 5.57 Å². The van der Waals surface area contributed by atoms with E-state index >= 15 is 0 Å². The number of nitrogens with one attached hydrogen (secondary N) is 1. The topological polar surface area (TPSA) is 58.6 Å². The van der Waals surface area contributed by atoms with Crippen molar-refractivity contribution in [1.82, 2.24) is 0 Å². The van der Waals surface area contributed by atoms with Crippen molar-refractivity contribution in [3.63, 3.8) is 0 Å². The van der Waals surface area contributed by atoms with E-state index in [4.69, 9.17) is 27.9 Å². The SMILES string of the molecule is COc1ccc(N2C(=O)C(Nc3cc(Cl)ccc3C)=C(c3ccccc3)C2=O)cc1Cl. The predicted molar refractivity (Wildman–Crippen MR) is 124 cm³/mol. The van der Waals surface area contributed by atoms with E-state index in [9.17, 15) is 9.59 Å². The molecule has 31 heavy (non-hydrogen) atoms. The Bertz CT molecular complexity index is 1220. The molecule has 1 heterocycles. The van der Waals surface area contributed by atoms with Gasteiger partial charge in [-0.1, -0.05) is 59.6 Å². The number of anilines is 2. The molecule has 3 aromatic carbocycles. The van der Waals surface area contributed by atoms with Gasteiger partial charge in [0.25, 0.3) is 11.8 Å². The number of ether oxygens (including phenoxy) is 1. The summed E-state index contributed by atoms with van der Waals surface area (Å²) in [6.07, 6.45) is 0. The number of rotatable bonds is 5. The fraction of sp³-hybridized carbons (Fsp3) is 0.0833. The van der Waals surface area contributed by atoms with Crippen LogP contribution in [0.4, 0.5) is 11.4 Å². The Morgan fingerprint density at radius 2 is 1.65 bits per heavy atom. The summed E-state index contributed by atoms with van der Waals surface area (Å²) in [7, 11) is 1.50. The van der Waals surface area contributed by atoms with E-state index < -0.39 is 11.8 Å². The third-order valence-corrected chi connectivity index (χ3v) is 5.53. The summed E-state index contributed by atoms with van der Waals surface area (Å²) in [5.74, 6) is -0.474. The minimum absolute atomic E-state index is 0.175. The molecule has 5 nitrogen and oxygen atoms in total. The Morgan fingerprint density at radius 3 is 2.32 bits per heavy atom. The van der Waals surface area contributed by atoms with E-state index in [0.29, 0.717) is 32.7 Å². The lowest BCUT2D eigenvalue weighted by atomic mass is 10.0. The van der Waals surface area contributed by atoms with Crippen LogP contribution < -0.4 is 15.0 Å². The van der Waals surface area contributed by atoms with Crippen molar-refractivity contribution in [2.24, 2.45) is 0 Å². The number of carbonyl (C=O) groups excluding carboxylic acids is 2. The van der Waals surface area contributed by atoms with Crippen LogP contribution in [0.1, 0.15) is 11.1 Å². The molecular formula is C24H18Cl2N2O3. The summed E-state index contributed by atoms with van der Waals surface area (Å²) in [6.45, 7) is 1.89. The maximum atomic E-state index is 13.4. The zero-order valence-electron chi connectivity index (χ0n) is 16.8. The second-order valence-corrected chi connectivity index (χ2v) is 7.81. The lowest BCUT2D eigenvalue weighted by Gasteiger charge is -2.17. The Balaban J connectivity index is 1.83. The highest BCUT2D eigenvalue weighted by Crippen LogP contribution is 2.37. The van der Waals surface area contributed by atoms with Crippen LogP contribution in [0.15, 0.2) is 72.4 Å². The molecule has 1 aliphatic rings. The van der Waals surface area contributed by atoms with Gasteiger partial charge < -0.3 is 10.1 Å². The molecule has 156 valence electrons. The Kier molecular flexibility index (Phi) is 5.72. The molecule has 0 saturated carbocycles. The number of hydrogen-bond donors (Lipinski definition) is 1. The van der Waals surface area contributed by atoms with Gasteiger partial charge in [0.1, 0.15) is 11.4 Å². The van der Waals surface area contributed by atoms with E-state index in [0.717, 1.165) is 10.5 Å². The Hall–Kier alpha value is -3.28. The van der Waals surface area contributed by atoms with Gasteiger partial charge in [-0.25, -0.2) is 4.90 Å². The summed E-state index contributed by atoms with van der Waals surface area (Å²) in [5, 5.41) is 3.96. The van der Waals surface area contributed by atoms with Gasteiger partial charge in [-0.15, -0.1) is 0 Å². The number of imide groups is 1. The standard InChI is InChI=1S/C24H18Cl2N2O3/c1-14-8-9-16(25)12-19(14)27-22-21(15-6-4-3-5-7-15)23(29)28(24(22)30)17-10-11-20(31-2)18(26)13-17/h3-13,27H,1-2H3. The molecule has 0 saturated heterocycles. The highest BCUT2D eigenvalue weighted by molar-refractivity contribution is 6.46. The van der Waals surface area contributed by atoms with Crippen LogP contribution in [0.5, 0.6) is 5.75 Å². The molecule has 1 aliphatic heterocycles. The molecule has 0 spiro atoms. The average molecular weight is 453 g/mol. The zero-order chi connectivity index (χ0) is 22.1. The summed E-state index contributed by atoms with van der Waals surface area (Å²) in [5.41, 5.74) is 2.96. The number of carbonyl (C=O) groups is 2. The van der Waals surface area contributed by atoms with Gasteiger partial charge in [0, 0.05) is 10.7 Å². The fourth-order valence-electron chi connectivity index (χ4n) is 3.41. The van der Waals surface area contributed by atoms with Crippen molar-refractivity contribution in [3.05, 3.63) is 93.6 Å². The normalized spacial score (nSPS) is 13.7. The fourth-order valence-corrected chi connectivity index (χ4v) is 3.83. The highest BCUT2D eigenvalue weighted by Gasteiger charge is 2.40. The van der Waals surface area contributed by atoms with Crippen LogP contribution in [0.3, 0.4) is 0 Å². The third-order valence-electron chi connectivity index (χ3n) is 5.00. The van der Waals surface area contributed by atoms with Gasteiger partial charge in [0.05, 0.1) is 23.4 Å². The van der Waals surface area contributed by atoms with E-state index in [2.05, 4.69) is 5.32 Å². The van der Waals surface area contributed by atoms with E-state index in [1.165, 1.54) is 13.2 Å². The number of amides is 2. The van der Waals surface area contributed by atoms with Crippen LogP contribution in [-0.2, 0) is 9.59 Å². The quantitative estimate of drug-likeness (QED) is 0.503. The first-order valence-corrected chi connectivity index (χ1v) is 10.2. The molecule has 0 fully saturated rings. The summed E-state index contributed by atoms with van der Waals surface area (Å²) < 4.78 is 5.18. The van der Waals surface area contributed by atoms with Crippen molar-refractivity contribution in [2.75, 3.05) is 17.3 Å². The number of nitrogens with zero attached hydrogens (tertiary/aromatic N) is 1. The molecule has 0 atom stereocenters. The van der Waals surface area contributed by atoms with E-state index in [-0.39, 0.29) is 11.3 Å². The molecule has 0 aromatic heterocycles. The predicted octanol–water partition coefficient (Wildman–Crippen LogP) is 5.71. The summed E-state index contributed by atoms with van der Waals surface area (Å²) in [6, 6.07) is 19.2. The number of hydrogen-bond acceptors (Lipinski definition) is 4. The van der Waals surface area contributed by atoms with Crippen molar-refractivity contribution < 1.29 is 14.3 Å². The molecule has 2 amide bonds. The molecule has 0 bridgehead atoms. The highest BCUT2D eigenvalue weighted by atomic mass is 35.5. The summed E-state index contributed by atoms with van der Waals surface area (Å²) >= 11 is 12.4. The zero-order valence-corrected chi connectivity index (χ0v) is 18.3. The average Bonchev–Trinajstić information content (AvgIpc) is 3.00. The number of aryl methyl sites for hydroxylation is 1. The van der Waals surface area contributed by atoms with Gasteiger partial charge in [-0.3, -0.25) is 9.59 Å². The first-order chi connectivity index (χ1) is 14.9. The van der Waals surface area contributed by atoms with Crippen LogP contribution >= 0.6 is 23.2 Å². The first kappa shape index (κ1) is 21.0. The largest absolute Gasteiger partial charge is 0.495 e. The molecule has 0 aliphatic carbocycles. The molecule has 0 unspecified atom stereocenters. The van der Waals surface area contributed by atoms with E-state index in [1.807, 2.05) is 31.2 Å². The number of methoxy groups -OCH3 is 1. The van der Waals surface area contributed by atoms with Gasteiger partial charge >= 0.3 is 0 Å². The third kappa shape index (κ3) is 3.90. The molecule has 1 N–H and O–H groups in total. The summed E-state index contributed by atoms with van der Waals surface area (Å²) in [4.78, 5) is 28.0. The van der Waals surface area contributed by atoms with Gasteiger partial charge in [-0.2, -0.15) is 0 Å². The molecule has 0 radical (unpaired) electrons. The smallest absolute Gasteiger partial charge is 0.282 e. The van der Waals surface area contributed by atoms with Crippen LogP contribution in [0, 0.1) is 6.92 Å². The molecule has 7 heteroatoms. The number of halogens is 2. The molecule has 4 rings (SSSR count). The van der Waals surface area contributed by atoms with Crippen molar-refractivity contribution in [1.29, 1.82) is 0 Å². The molecule has 3 aromatic rings. The minimum Gasteiger partial charge on any atom is -0.495 e. The van der Waals surface area contributed by atoms with Crippen molar-refractivity contribution >= 4 is 52.0 Å². The lowest BCUT2D eigenvalue weighted by Crippen LogP contribution is -2.32. The van der Waals surface area contributed by atoms with E-state index in [1.54, 1.807) is 36.4 Å².